The molecule has 0 saturated carbocycles. The molecule has 0 unspecified atom stereocenters. The highest BCUT2D eigenvalue weighted by atomic mass is 127. The van der Waals surface area contributed by atoms with Crippen molar-refractivity contribution in [3.8, 4) is 0 Å². The highest BCUT2D eigenvalue weighted by Gasteiger charge is 2.15. The number of fused-ring (bicyclic) bond motifs is 1. The second-order valence-corrected chi connectivity index (χ2v) is 6.92. The van der Waals surface area contributed by atoms with E-state index in [1.165, 1.54) is 16.3 Å². The van der Waals surface area contributed by atoms with Crippen molar-refractivity contribution in [2.75, 3.05) is 20.1 Å². The molecule has 148 valence electrons. The summed E-state index contributed by atoms with van der Waals surface area (Å²) in [6.07, 6.45) is -0.419. The lowest BCUT2D eigenvalue weighted by Crippen LogP contribution is -2.42. The van der Waals surface area contributed by atoms with Gasteiger partial charge in [-0.3, -0.25) is 4.99 Å². The van der Waals surface area contributed by atoms with Gasteiger partial charge >= 0.3 is 6.09 Å². The van der Waals surface area contributed by atoms with E-state index in [4.69, 9.17) is 4.74 Å². The third kappa shape index (κ3) is 8.03. The highest BCUT2D eigenvalue weighted by Crippen LogP contribution is 2.18. The van der Waals surface area contributed by atoms with Gasteiger partial charge in [0, 0.05) is 26.7 Å². The molecule has 0 aliphatic carbocycles. The van der Waals surface area contributed by atoms with Crippen LogP contribution in [0.15, 0.2) is 47.5 Å². The summed E-state index contributed by atoms with van der Waals surface area (Å²) < 4.78 is 5.19. The van der Waals surface area contributed by atoms with Crippen LogP contribution < -0.4 is 16.0 Å². The zero-order valence-electron chi connectivity index (χ0n) is 16.3. The Morgan fingerprint density at radius 2 is 1.67 bits per heavy atom. The van der Waals surface area contributed by atoms with Gasteiger partial charge in [0.15, 0.2) is 5.96 Å². The second-order valence-electron chi connectivity index (χ2n) is 6.92. The number of amides is 1. The summed E-state index contributed by atoms with van der Waals surface area (Å²) in [7, 11) is 1.72. The second kappa shape index (κ2) is 11.0. The molecular weight excluding hydrogens is 455 g/mol. The fraction of sp³-hybridized carbons (Fsp3) is 0.400. The molecule has 0 bridgehead atoms. The molecule has 0 radical (unpaired) electrons. The van der Waals surface area contributed by atoms with E-state index >= 15 is 0 Å². The van der Waals surface area contributed by atoms with Gasteiger partial charge < -0.3 is 20.7 Å². The third-order valence-corrected chi connectivity index (χ3v) is 3.64. The van der Waals surface area contributed by atoms with Gasteiger partial charge in [-0.2, -0.15) is 0 Å². The molecule has 0 spiro atoms. The Balaban J connectivity index is 0.00000364. The number of guanidine groups is 1. The van der Waals surface area contributed by atoms with Crippen LogP contribution in [0, 0.1) is 0 Å². The minimum Gasteiger partial charge on any atom is -0.444 e. The van der Waals surface area contributed by atoms with Crippen LogP contribution in [0.2, 0.25) is 0 Å². The summed E-state index contributed by atoms with van der Waals surface area (Å²) in [6, 6.07) is 14.6. The van der Waals surface area contributed by atoms with Crippen molar-refractivity contribution in [3.05, 3.63) is 48.0 Å². The number of hydrogen-bond donors (Lipinski definition) is 3. The fourth-order valence-electron chi connectivity index (χ4n) is 2.51. The number of hydrogen-bond acceptors (Lipinski definition) is 3. The molecule has 27 heavy (non-hydrogen) atoms. The number of alkyl carbamates (subject to hydrolysis) is 1. The Bertz CT molecular complexity index is 767. The van der Waals surface area contributed by atoms with Crippen molar-refractivity contribution in [2.45, 2.75) is 32.9 Å². The number of nitrogens with zero attached hydrogens (tertiary/aromatic N) is 1. The van der Waals surface area contributed by atoms with Gasteiger partial charge in [-0.1, -0.05) is 42.5 Å². The summed E-state index contributed by atoms with van der Waals surface area (Å²) >= 11 is 0. The summed E-state index contributed by atoms with van der Waals surface area (Å²) in [5.74, 6) is 0.684. The van der Waals surface area contributed by atoms with E-state index in [9.17, 15) is 4.79 Å². The Hall–Kier alpha value is -2.03. The molecule has 0 atom stereocenters. The molecule has 3 N–H and O–H groups in total. The largest absolute Gasteiger partial charge is 0.444 e. The highest BCUT2D eigenvalue weighted by molar-refractivity contribution is 14.0. The maximum atomic E-state index is 11.6. The monoisotopic (exact) mass is 484 g/mol. The molecule has 0 fully saturated rings. The molecule has 6 nitrogen and oxygen atoms in total. The average molecular weight is 484 g/mol. The van der Waals surface area contributed by atoms with E-state index in [2.05, 4.69) is 51.3 Å². The molecule has 0 saturated heterocycles. The summed E-state index contributed by atoms with van der Waals surface area (Å²) in [5.41, 5.74) is 0.714. The maximum Gasteiger partial charge on any atom is 0.407 e. The third-order valence-electron chi connectivity index (χ3n) is 3.64. The first-order valence-electron chi connectivity index (χ1n) is 8.77. The van der Waals surface area contributed by atoms with Gasteiger partial charge in [0.1, 0.15) is 5.60 Å². The summed E-state index contributed by atoms with van der Waals surface area (Å²) in [4.78, 5) is 15.8. The first-order chi connectivity index (χ1) is 12.4. The van der Waals surface area contributed by atoms with Crippen LogP contribution in [-0.2, 0) is 11.3 Å². The molecule has 0 aliphatic rings. The van der Waals surface area contributed by atoms with Gasteiger partial charge in [0.2, 0.25) is 0 Å². The van der Waals surface area contributed by atoms with Crippen molar-refractivity contribution >= 4 is 46.8 Å². The molecule has 2 aromatic rings. The quantitative estimate of drug-likeness (QED) is 0.262. The van der Waals surface area contributed by atoms with Crippen molar-refractivity contribution in [1.29, 1.82) is 0 Å². The number of carbonyl (C=O) groups is 1. The summed E-state index contributed by atoms with van der Waals surface area (Å²) in [6.45, 7) is 7.18. The van der Waals surface area contributed by atoms with Crippen LogP contribution in [0.1, 0.15) is 26.3 Å². The van der Waals surface area contributed by atoms with Crippen LogP contribution in [0.4, 0.5) is 4.79 Å². The van der Waals surface area contributed by atoms with E-state index in [1.807, 2.05) is 32.9 Å². The van der Waals surface area contributed by atoms with Crippen molar-refractivity contribution in [2.24, 2.45) is 4.99 Å². The normalized spacial score (nSPS) is 11.5. The maximum absolute atomic E-state index is 11.6. The minimum absolute atomic E-state index is 0. The van der Waals surface area contributed by atoms with E-state index in [0.717, 1.165) is 0 Å². The molecular formula is C20H29IN4O2. The zero-order chi connectivity index (χ0) is 19.0. The first kappa shape index (κ1) is 23.0. The zero-order valence-corrected chi connectivity index (χ0v) is 18.7. The fourth-order valence-corrected chi connectivity index (χ4v) is 2.51. The van der Waals surface area contributed by atoms with Crippen molar-refractivity contribution in [3.63, 3.8) is 0 Å². The number of carbonyl (C=O) groups excluding carboxylic acids is 1. The van der Waals surface area contributed by atoms with Gasteiger partial charge in [-0.25, -0.2) is 4.79 Å². The minimum atomic E-state index is -0.492. The standard InChI is InChI=1S/C20H28N4O2.HI/c1-20(2,3)26-19(25)23-13-12-22-18(21-4)24-14-16-10-7-9-15-8-5-6-11-17(15)16;/h5-11H,12-14H2,1-4H3,(H,23,25)(H2,21,22,24);1H. The molecule has 1 amide bonds. The van der Waals surface area contributed by atoms with Crippen molar-refractivity contribution < 1.29 is 9.53 Å². The van der Waals surface area contributed by atoms with E-state index in [-0.39, 0.29) is 24.0 Å². The molecule has 7 heteroatoms. The molecule has 0 heterocycles. The van der Waals surface area contributed by atoms with Crippen LogP contribution in [0.3, 0.4) is 0 Å². The van der Waals surface area contributed by atoms with Gasteiger partial charge in [-0.05, 0) is 37.1 Å². The SMILES string of the molecule is CN=C(NCCNC(=O)OC(C)(C)C)NCc1cccc2ccccc12.I. The van der Waals surface area contributed by atoms with E-state index in [1.54, 1.807) is 7.05 Å². The van der Waals surface area contributed by atoms with Gasteiger partial charge in [-0.15, -0.1) is 24.0 Å². The number of nitrogens with one attached hydrogen (secondary N) is 3. The lowest BCUT2D eigenvalue weighted by atomic mass is 10.0. The molecule has 2 rings (SSSR count). The van der Waals surface area contributed by atoms with Crippen molar-refractivity contribution in [1.82, 2.24) is 16.0 Å². The summed E-state index contributed by atoms with van der Waals surface area (Å²) in [5, 5.41) is 11.6. The predicted octanol–water partition coefficient (Wildman–Crippen LogP) is 3.65. The average Bonchev–Trinajstić information content (AvgIpc) is 2.59. The van der Waals surface area contributed by atoms with Crippen LogP contribution in [0.25, 0.3) is 10.8 Å². The Kier molecular flexibility index (Phi) is 9.34. The van der Waals surface area contributed by atoms with Gasteiger partial charge in [0.25, 0.3) is 0 Å². The number of rotatable bonds is 5. The van der Waals surface area contributed by atoms with Crippen LogP contribution in [0.5, 0.6) is 0 Å². The van der Waals surface area contributed by atoms with E-state index < -0.39 is 11.7 Å². The van der Waals surface area contributed by atoms with Crippen LogP contribution in [-0.4, -0.2) is 37.8 Å². The lowest BCUT2D eigenvalue weighted by molar-refractivity contribution is 0.0529. The number of ether oxygens (including phenoxy) is 1. The Morgan fingerprint density at radius 1 is 1.00 bits per heavy atom. The first-order valence-corrected chi connectivity index (χ1v) is 8.77. The number of halogens is 1. The predicted molar refractivity (Wildman–Crippen MR) is 122 cm³/mol. The number of aliphatic imine (C=N–C) groups is 1. The Labute approximate surface area is 178 Å². The molecule has 0 aromatic heterocycles. The molecule has 0 aliphatic heterocycles. The molecule has 2 aromatic carbocycles. The topological polar surface area (TPSA) is 74.8 Å². The van der Waals surface area contributed by atoms with Gasteiger partial charge in [0.05, 0.1) is 0 Å². The van der Waals surface area contributed by atoms with E-state index in [0.29, 0.717) is 25.6 Å². The van der Waals surface area contributed by atoms with Crippen LogP contribution >= 0.6 is 24.0 Å². The lowest BCUT2D eigenvalue weighted by Gasteiger charge is -2.20. The Morgan fingerprint density at radius 3 is 2.37 bits per heavy atom. The smallest absolute Gasteiger partial charge is 0.407 e. The number of benzene rings is 2.